The molecule has 0 spiro atoms. The number of hydrogen-bond acceptors (Lipinski definition) is 4. The third-order valence-electron chi connectivity index (χ3n) is 3.37. The van der Waals surface area contributed by atoms with Gasteiger partial charge in [-0.05, 0) is 29.2 Å². The van der Waals surface area contributed by atoms with Crippen LogP contribution >= 0.6 is 11.8 Å². The lowest BCUT2D eigenvalue weighted by Crippen LogP contribution is -2.50. The van der Waals surface area contributed by atoms with Crippen LogP contribution < -0.4 is 5.32 Å². The molecule has 0 saturated heterocycles. The van der Waals surface area contributed by atoms with Gasteiger partial charge in [-0.1, -0.05) is 12.1 Å². The Morgan fingerprint density at radius 2 is 2.04 bits per heavy atom. The first-order chi connectivity index (χ1) is 11.0. The maximum absolute atomic E-state index is 12.8. The number of urea groups is 1. The second-order valence-electron chi connectivity index (χ2n) is 4.97. The van der Waals surface area contributed by atoms with Gasteiger partial charge in [0.15, 0.2) is 0 Å². The van der Waals surface area contributed by atoms with Crippen molar-refractivity contribution in [3.63, 3.8) is 0 Å². The number of allylic oxidation sites excluding steroid dienone is 1. The molecule has 0 aromatic heterocycles. The lowest BCUT2D eigenvalue weighted by molar-refractivity contribution is -0.132. The van der Waals surface area contributed by atoms with Gasteiger partial charge in [-0.3, -0.25) is 14.5 Å². The minimum Gasteiger partial charge on any atom is -0.350 e. The Morgan fingerprint density at radius 1 is 1.30 bits per heavy atom. The molecule has 8 heteroatoms. The minimum atomic E-state index is -0.731. The number of carbonyl (C=O) groups excluding carboxylic acids is 3. The van der Waals surface area contributed by atoms with Crippen molar-refractivity contribution >= 4 is 35.3 Å². The first-order valence-electron chi connectivity index (χ1n) is 6.81. The molecule has 0 bridgehead atoms. The highest BCUT2D eigenvalue weighted by Crippen LogP contribution is 2.27. The summed E-state index contributed by atoms with van der Waals surface area (Å²) in [5.74, 6) is -1.28. The zero-order valence-corrected chi connectivity index (χ0v) is 12.7. The number of halogens is 1. The van der Waals surface area contributed by atoms with Gasteiger partial charge in [0.05, 0.1) is 5.71 Å². The van der Waals surface area contributed by atoms with Crippen molar-refractivity contribution in [1.82, 2.24) is 10.2 Å². The first kappa shape index (κ1) is 15.4. The van der Waals surface area contributed by atoms with Crippen molar-refractivity contribution in [3.8, 4) is 0 Å². The molecule has 2 aliphatic heterocycles. The molecule has 6 nitrogen and oxygen atoms in total. The standard InChI is InChI=1S/C15H12FN3O3S/c16-10-3-1-9(2-4-10)7-17-12(20)8-19-14(21)13-11(5-6-23-13)18-15(19)22/h1-6,13H,7-8H2,(H,17,20). The van der Waals surface area contributed by atoms with E-state index in [1.54, 1.807) is 23.6 Å². The summed E-state index contributed by atoms with van der Waals surface area (Å²) in [6.45, 7) is -0.198. The number of thioether (sulfide) groups is 1. The van der Waals surface area contributed by atoms with Gasteiger partial charge in [0.2, 0.25) is 5.91 Å². The average Bonchev–Trinajstić information content (AvgIpc) is 2.99. The van der Waals surface area contributed by atoms with E-state index in [1.165, 1.54) is 23.9 Å². The second-order valence-corrected chi connectivity index (χ2v) is 5.98. The number of fused-ring (bicyclic) bond motifs is 1. The number of nitrogens with zero attached hydrogens (tertiary/aromatic N) is 2. The fourth-order valence-corrected chi connectivity index (χ4v) is 3.07. The molecule has 2 aliphatic rings. The molecule has 0 fully saturated rings. The molecule has 118 valence electrons. The maximum Gasteiger partial charge on any atom is 0.351 e. The van der Waals surface area contributed by atoms with Crippen LogP contribution in [0.1, 0.15) is 5.56 Å². The summed E-state index contributed by atoms with van der Waals surface area (Å²) in [4.78, 5) is 40.6. The molecule has 1 atom stereocenters. The number of nitrogens with one attached hydrogen (secondary N) is 1. The molecule has 4 amide bonds. The summed E-state index contributed by atoms with van der Waals surface area (Å²) < 4.78 is 12.8. The van der Waals surface area contributed by atoms with Gasteiger partial charge in [-0.2, -0.15) is 4.99 Å². The summed E-state index contributed by atoms with van der Waals surface area (Å²) in [5, 5.41) is 3.75. The molecule has 3 rings (SSSR count). The fraction of sp³-hybridized carbons (Fsp3) is 0.200. The molecule has 1 aromatic rings. The predicted octanol–water partition coefficient (Wildman–Crippen LogP) is 1.47. The normalized spacial score (nSPS) is 19.6. The van der Waals surface area contributed by atoms with Gasteiger partial charge in [0.1, 0.15) is 17.6 Å². The zero-order valence-electron chi connectivity index (χ0n) is 11.9. The molecule has 0 radical (unpaired) electrons. The molecule has 23 heavy (non-hydrogen) atoms. The predicted molar refractivity (Wildman–Crippen MR) is 83.3 cm³/mol. The number of rotatable bonds is 4. The molecule has 1 N–H and O–H groups in total. The monoisotopic (exact) mass is 333 g/mol. The van der Waals surface area contributed by atoms with Crippen molar-refractivity contribution in [2.45, 2.75) is 11.8 Å². The number of imide groups is 1. The average molecular weight is 333 g/mol. The Hall–Kier alpha value is -2.48. The van der Waals surface area contributed by atoms with E-state index in [1.807, 2.05) is 0 Å². The Morgan fingerprint density at radius 3 is 2.78 bits per heavy atom. The van der Waals surface area contributed by atoms with Crippen LogP contribution in [0.15, 0.2) is 40.7 Å². The number of benzene rings is 1. The van der Waals surface area contributed by atoms with Crippen LogP contribution in [0.2, 0.25) is 0 Å². The molecule has 2 heterocycles. The van der Waals surface area contributed by atoms with E-state index in [0.717, 1.165) is 4.90 Å². The van der Waals surface area contributed by atoms with E-state index < -0.39 is 23.1 Å². The van der Waals surface area contributed by atoms with E-state index in [9.17, 15) is 18.8 Å². The van der Waals surface area contributed by atoms with Crippen LogP contribution in [-0.2, 0) is 16.1 Å². The van der Waals surface area contributed by atoms with Crippen LogP contribution in [0.5, 0.6) is 0 Å². The molecular weight excluding hydrogens is 321 g/mol. The van der Waals surface area contributed by atoms with Gasteiger partial charge in [-0.15, -0.1) is 11.8 Å². The lowest BCUT2D eigenvalue weighted by Gasteiger charge is -2.25. The van der Waals surface area contributed by atoms with Gasteiger partial charge < -0.3 is 5.32 Å². The van der Waals surface area contributed by atoms with Gasteiger partial charge in [0.25, 0.3) is 5.91 Å². The topological polar surface area (TPSA) is 78.8 Å². The van der Waals surface area contributed by atoms with Crippen LogP contribution in [0.25, 0.3) is 0 Å². The smallest absolute Gasteiger partial charge is 0.350 e. The highest BCUT2D eigenvalue weighted by Gasteiger charge is 2.39. The largest absolute Gasteiger partial charge is 0.351 e. The van der Waals surface area contributed by atoms with E-state index in [4.69, 9.17) is 0 Å². The molecule has 0 aliphatic carbocycles. The van der Waals surface area contributed by atoms with E-state index in [2.05, 4.69) is 10.3 Å². The van der Waals surface area contributed by atoms with Crippen LogP contribution in [0.4, 0.5) is 9.18 Å². The highest BCUT2D eigenvalue weighted by atomic mass is 32.2. The van der Waals surface area contributed by atoms with Crippen LogP contribution in [0.3, 0.4) is 0 Å². The van der Waals surface area contributed by atoms with Crippen molar-refractivity contribution in [2.24, 2.45) is 4.99 Å². The van der Waals surface area contributed by atoms with Crippen LogP contribution in [-0.4, -0.2) is 40.3 Å². The Labute approximate surface area is 135 Å². The van der Waals surface area contributed by atoms with Crippen molar-refractivity contribution < 1.29 is 18.8 Å². The molecular formula is C15H12FN3O3S. The summed E-state index contributed by atoms with van der Waals surface area (Å²) in [6.07, 6.45) is 1.62. The number of carbonyl (C=O) groups is 3. The van der Waals surface area contributed by atoms with Crippen molar-refractivity contribution in [1.29, 1.82) is 0 Å². The van der Waals surface area contributed by atoms with Crippen molar-refractivity contribution in [2.75, 3.05) is 6.54 Å². The summed E-state index contributed by atoms with van der Waals surface area (Å²) in [7, 11) is 0. The SMILES string of the molecule is O=C(CN1C(=O)N=C2C=CSC2C1=O)NCc1ccc(F)cc1. The molecule has 0 saturated carbocycles. The quantitative estimate of drug-likeness (QED) is 0.905. The summed E-state index contributed by atoms with van der Waals surface area (Å²) in [5.41, 5.74) is 1.14. The third-order valence-corrected chi connectivity index (χ3v) is 4.38. The Bertz CT molecular complexity index is 730. The fourth-order valence-electron chi connectivity index (χ4n) is 2.18. The molecule has 1 aromatic carbocycles. The van der Waals surface area contributed by atoms with Crippen LogP contribution in [0, 0.1) is 5.82 Å². The third kappa shape index (κ3) is 3.31. The Balaban J connectivity index is 1.58. The van der Waals surface area contributed by atoms with Crippen molar-refractivity contribution in [3.05, 3.63) is 47.1 Å². The van der Waals surface area contributed by atoms with E-state index in [-0.39, 0.29) is 18.9 Å². The highest BCUT2D eigenvalue weighted by molar-refractivity contribution is 8.04. The number of amides is 4. The second kappa shape index (κ2) is 6.33. The van der Waals surface area contributed by atoms with E-state index in [0.29, 0.717) is 11.3 Å². The lowest BCUT2D eigenvalue weighted by atomic mass is 10.2. The van der Waals surface area contributed by atoms with Gasteiger partial charge >= 0.3 is 6.03 Å². The Kier molecular flexibility index (Phi) is 4.24. The summed E-state index contributed by atoms with van der Waals surface area (Å²) >= 11 is 1.26. The van der Waals surface area contributed by atoms with E-state index >= 15 is 0 Å². The van der Waals surface area contributed by atoms with Gasteiger partial charge in [-0.25, -0.2) is 9.18 Å². The maximum atomic E-state index is 12.8. The summed E-state index contributed by atoms with van der Waals surface area (Å²) in [6, 6.07) is 4.94. The zero-order chi connectivity index (χ0) is 16.4. The minimum absolute atomic E-state index is 0.184. The number of aliphatic imine (C=N–C) groups is 1. The number of hydrogen-bond donors (Lipinski definition) is 1. The first-order valence-corrected chi connectivity index (χ1v) is 7.76. The van der Waals surface area contributed by atoms with Gasteiger partial charge in [0, 0.05) is 6.54 Å². The molecule has 1 unspecified atom stereocenters.